The monoisotopic (exact) mass is 467 g/mol. The zero-order valence-corrected chi connectivity index (χ0v) is 20.2. The molecular formula is C24H26FN5O2S. The maximum absolute atomic E-state index is 13.5. The summed E-state index contributed by atoms with van der Waals surface area (Å²) in [5, 5.41) is 8.13. The predicted octanol–water partition coefficient (Wildman–Crippen LogP) is 4.66. The molecule has 1 aromatic carbocycles. The van der Waals surface area contributed by atoms with Crippen molar-refractivity contribution in [3.05, 3.63) is 63.0 Å². The van der Waals surface area contributed by atoms with E-state index in [1.165, 1.54) is 23.5 Å². The fourth-order valence-electron chi connectivity index (χ4n) is 4.06. The van der Waals surface area contributed by atoms with E-state index in [1.807, 2.05) is 33.2 Å². The normalized spacial score (nSPS) is 11.2. The number of aryl methyl sites for hydroxylation is 4. The number of hydrogen-bond donors (Lipinski definition) is 0. The molecule has 3 heterocycles. The molecule has 0 saturated heterocycles. The summed E-state index contributed by atoms with van der Waals surface area (Å²) in [6.07, 6.45) is 0.795. The second-order valence-electron chi connectivity index (χ2n) is 7.95. The van der Waals surface area contributed by atoms with Gasteiger partial charge in [-0.25, -0.2) is 19.0 Å². The molecule has 4 rings (SSSR count). The van der Waals surface area contributed by atoms with Crippen molar-refractivity contribution < 1.29 is 13.9 Å². The minimum absolute atomic E-state index is 0.0655. The van der Waals surface area contributed by atoms with Crippen LogP contribution < -0.4 is 9.64 Å². The molecule has 0 aliphatic carbocycles. The van der Waals surface area contributed by atoms with Crippen LogP contribution in [-0.4, -0.2) is 32.8 Å². The number of thiazole rings is 1. The van der Waals surface area contributed by atoms with Gasteiger partial charge in [-0.1, -0.05) is 0 Å². The highest BCUT2D eigenvalue weighted by Gasteiger charge is 2.21. The number of pyridine rings is 1. The van der Waals surface area contributed by atoms with E-state index in [9.17, 15) is 9.18 Å². The Morgan fingerprint density at radius 3 is 2.55 bits per heavy atom. The summed E-state index contributed by atoms with van der Waals surface area (Å²) in [5.74, 6) is 0.118. The third kappa shape index (κ3) is 4.59. The van der Waals surface area contributed by atoms with Gasteiger partial charge in [-0.3, -0.25) is 4.79 Å². The lowest BCUT2D eigenvalue weighted by Gasteiger charge is -2.22. The van der Waals surface area contributed by atoms with Crippen LogP contribution in [0.1, 0.15) is 33.9 Å². The summed E-state index contributed by atoms with van der Waals surface area (Å²) in [5.41, 5.74) is 5.09. The molecule has 172 valence electrons. The molecule has 0 aliphatic heterocycles. The van der Waals surface area contributed by atoms with Crippen molar-refractivity contribution in [3.63, 3.8) is 0 Å². The van der Waals surface area contributed by atoms with Crippen molar-refractivity contribution in [1.82, 2.24) is 19.7 Å². The number of halogens is 1. The maximum Gasteiger partial charge on any atom is 0.242 e. The number of fused-ring (bicyclic) bond motifs is 1. The summed E-state index contributed by atoms with van der Waals surface area (Å²) < 4.78 is 20.6. The van der Waals surface area contributed by atoms with Crippen LogP contribution in [0.5, 0.6) is 5.88 Å². The molecule has 3 aromatic heterocycles. The molecule has 7 nitrogen and oxygen atoms in total. The Morgan fingerprint density at radius 1 is 1.18 bits per heavy atom. The van der Waals surface area contributed by atoms with E-state index in [0.717, 1.165) is 38.6 Å². The van der Waals surface area contributed by atoms with Crippen LogP contribution in [0.3, 0.4) is 0 Å². The first-order chi connectivity index (χ1) is 15.8. The molecule has 0 unspecified atom stereocenters. The van der Waals surface area contributed by atoms with Gasteiger partial charge in [-0.2, -0.15) is 0 Å². The average Bonchev–Trinajstić information content (AvgIpc) is 3.34. The van der Waals surface area contributed by atoms with E-state index in [2.05, 4.69) is 10.1 Å². The predicted molar refractivity (Wildman–Crippen MR) is 127 cm³/mol. The van der Waals surface area contributed by atoms with E-state index < -0.39 is 0 Å². The fraction of sp³-hybridized carbons (Fsp3) is 0.333. The molecule has 0 spiro atoms. The lowest BCUT2D eigenvalue weighted by atomic mass is 9.99. The van der Waals surface area contributed by atoms with Crippen LogP contribution in [0.4, 0.5) is 10.1 Å². The zero-order chi connectivity index (χ0) is 23.7. The lowest BCUT2D eigenvalue weighted by Crippen LogP contribution is -2.31. The first kappa shape index (κ1) is 22.8. The van der Waals surface area contributed by atoms with Gasteiger partial charge in [0.1, 0.15) is 5.82 Å². The topological polar surface area (TPSA) is 73.1 Å². The van der Waals surface area contributed by atoms with Gasteiger partial charge in [0.2, 0.25) is 11.8 Å². The van der Waals surface area contributed by atoms with Crippen molar-refractivity contribution in [2.75, 3.05) is 12.0 Å². The number of rotatable bonds is 7. The van der Waals surface area contributed by atoms with Crippen molar-refractivity contribution >= 4 is 34.0 Å². The summed E-state index contributed by atoms with van der Waals surface area (Å²) in [6.45, 7) is 6.22. The summed E-state index contributed by atoms with van der Waals surface area (Å²) in [4.78, 5) is 24.2. The fourth-order valence-corrected chi connectivity index (χ4v) is 4.67. The zero-order valence-electron chi connectivity index (χ0n) is 19.3. The summed E-state index contributed by atoms with van der Waals surface area (Å²) in [6, 6.07) is 5.97. The van der Waals surface area contributed by atoms with E-state index >= 15 is 0 Å². The highest BCUT2D eigenvalue weighted by atomic mass is 32.1. The number of methoxy groups -OCH3 is 1. The van der Waals surface area contributed by atoms with Gasteiger partial charge in [0, 0.05) is 30.2 Å². The Balaban J connectivity index is 1.62. The smallest absolute Gasteiger partial charge is 0.242 e. The highest BCUT2D eigenvalue weighted by molar-refractivity contribution is 7.09. The Labute approximate surface area is 195 Å². The Bertz CT molecular complexity index is 1310. The molecule has 9 heteroatoms. The number of nitrogens with zero attached hydrogens (tertiary/aromatic N) is 5. The number of carbonyl (C=O) groups excluding carboxylic acids is 1. The van der Waals surface area contributed by atoms with E-state index in [-0.39, 0.29) is 18.1 Å². The average molecular weight is 468 g/mol. The van der Waals surface area contributed by atoms with E-state index in [1.54, 1.807) is 28.8 Å². The van der Waals surface area contributed by atoms with Crippen LogP contribution in [0.2, 0.25) is 0 Å². The molecule has 0 atom stereocenters. The van der Waals surface area contributed by atoms with Gasteiger partial charge < -0.3 is 9.64 Å². The molecular weight excluding hydrogens is 441 g/mol. The number of anilines is 1. The summed E-state index contributed by atoms with van der Waals surface area (Å²) in [7, 11) is 3.42. The number of ether oxygens (including phenoxy) is 1. The van der Waals surface area contributed by atoms with Crippen molar-refractivity contribution in [2.24, 2.45) is 7.05 Å². The standard InChI is InChI=1S/C24H26FN5O2S/c1-14-20(15(2)26-23-22(14)24(32-5)28-29(23)4)10-11-21(31)30(12-18-13-33-16(3)27-18)19-8-6-17(25)7-9-19/h6-9,13H,10-12H2,1-5H3. The first-order valence-electron chi connectivity index (χ1n) is 10.6. The van der Waals surface area contributed by atoms with Crippen molar-refractivity contribution in [3.8, 4) is 5.88 Å². The Morgan fingerprint density at radius 2 is 1.91 bits per heavy atom. The molecule has 0 bridgehead atoms. The van der Waals surface area contributed by atoms with Gasteiger partial charge >= 0.3 is 0 Å². The molecule has 0 aliphatic rings. The second-order valence-corrected chi connectivity index (χ2v) is 9.01. The van der Waals surface area contributed by atoms with Crippen LogP contribution >= 0.6 is 11.3 Å². The third-order valence-corrected chi connectivity index (χ3v) is 6.55. The van der Waals surface area contributed by atoms with Crippen LogP contribution in [-0.2, 0) is 24.8 Å². The van der Waals surface area contributed by atoms with Gasteiger partial charge in [-0.15, -0.1) is 16.4 Å². The quantitative estimate of drug-likeness (QED) is 0.395. The number of carbonyl (C=O) groups is 1. The first-order valence-corrected chi connectivity index (χ1v) is 11.5. The number of aromatic nitrogens is 4. The number of amides is 1. The highest BCUT2D eigenvalue weighted by Crippen LogP contribution is 2.31. The van der Waals surface area contributed by atoms with Crippen molar-refractivity contribution in [1.29, 1.82) is 0 Å². The minimum atomic E-state index is -0.341. The van der Waals surface area contributed by atoms with E-state index in [0.29, 0.717) is 24.5 Å². The lowest BCUT2D eigenvalue weighted by molar-refractivity contribution is -0.118. The molecule has 33 heavy (non-hydrogen) atoms. The molecule has 0 N–H and O–H groups in total. The van der Waals surface area contributed by atoms with Gasteiger partial charge in [0.25, 0.3) is 0 Å². The molecule has 1 amide bonds. The molecule has 0 fully saturated rings. The largest absolute Gasteiger partial charge is 0.479 e. The number of benzene rings is 1. The SMILES string of the molecule is COc1nn(C)c2nc(C)c(CCC(=O)N(Cc3csc(C)n3)c3ccc(F)cc3)c(C)c12. The maximum atomic E-state index is 13.5. The van der Waals surface area contributed by atoms with Gasteiger partial charge in [0.15, 0.2) is 5.65 Å². The summed E-state index contributed by atoms with van der Waals surface area (Å²) >= 11 is 1.54. The van der Waals surface area contributed by atoms with Crippen LogP contribution in [0.15, 0.2) is 29.6 Å². The van der Waals surface area contributed by atoms with Gasteiger partial charge in [0.05, 0.1) is 29.7 Å². The molecule has 4 aromatic rings. The molecule has 0 saturated carbocycles. The Hall–Kier alpha value is -3.33. The second kappa shape index (κ2) is 9.27. The van der Waals surface area contributed by atoms with Gasteiger partial charge in [-0.05, 0) is 62.6 Å². The Kier molecular flexibility index (Phi) is 6.42. The van der Waals surface area contributed by atoms with Crippen molar-refractivity contribution in [2.45, 2.75) is 40.2 Å². The van der Waals surface area contributed by atoms with E-state index in [4.69, 9.17) is 9.72 Å². The minimum Gasteiger partial charge on any atom is -0.479 e. The number of hydrogen-bond acceptors (Lipinski definition) is 6. The van der Waals surface area contributed by atoms with Crippen LogP contribution in [0, 0.1) is 26.6 Å². The third-order valence-electron chi connectivity index (χ3n) is 5.73. The molecule has 0 radical (unpaired) electrons. The van der Waals surface area contributed by atoms with Crippen LogP contribution in [0.25, 0.3) is 11.0 Å².